The van der Waals surface area contributed by atoms with Gasteiger partial charge in [0.05, 0.1) is 6.04 Å². The predicted molar refractivity (Wildman–Crippen MR) is 117 cm³/mol. The standard InChI is InChI=1S/C23H29F2N5O2/c1-15(30-7-3-2-4-8-30)22(31)29-20(11-17-9-18(24)12-19(25)10-17)23(32)28-14-16-5-6-21(26)27-13-16/h5-6,9-10,12-13,15,20H,2-4,7-8,11,14H2,1H3,(H2,26,27)(H,28,32)(H,29,31)/t15-,20?/m0/s1. The summed E-state index contributed by atoms with van der Waals surface area (Å²) in [5, 5.41) is 5.53. The van der Waals surface area contributed by atoms with E-state index in [0.717, 1.165) is 56.1 Å². The van der Waals surface area contributed by atoms with Crippen LogP contribution in [0, 0.1) is 11.6 Å². The first-order valence-corrected chi connectivity index (χ1v) is 10.8. The lowest BCUT2D eigenvalue weighted by molar-refractivity contribution is -0.132. The third-order valence-electron chi connectivity index (χ3n) is 5.63. The van der Waals surface area contributed by atoms with Gasteiger partial charge >= 0.3 is 0 Å². The van der Waals surface area contributed by atoms with E-state index in [9.17, 15) is 18.4 Å². The van der Waals surface area contributed by atoms with Gasteiger partial charge in [-0.3, -0.25) is 14.5 Å². The number of carbonyl (C=O) groups excluding carboxylic acids is 2. The predicted octanol–water partition coefficient (Wildman–Crippen LogP) is 2.16. The van der Waals surface area contributed by atoms with E-state index < -0.39 is 29.6 Å². The molecule has 0 saturated carbocycles. The highest BCUT2D eigenvalue weighted by molar-refractivity contribution is 5.89. The Hall–Kier alpha value is -3.07. The van der Waals surface area contributed by atoms with Crippen LogP contribution in [0.2, 0.25) is 0 Å². The summed E-state index contributed by atoms with van der Waals surface area (Å²) in [5.41, 5.74) is 6.59. The van der Waals surface area contributed by atoms with Gasteiger partial charge in [-0.2, -0.15) is 0 Å². The first-order valence-electron chi connectivity index (χ1n) is 10.8. The molecule has 0 radical (unpaired) electrons. The molecule has 1 aromatic carbocycles. The quantitative estimate of drug-likeness (QED) is 0.578. The Morgan fingerprint density at radius 1 is 1.06 bits per heavy atom. The zero-order valence-electron chi connectivity index (χ0n) is 18.1. The normalized spacial score (nSPS) is 16.2. The molecule has 0 bridgehead atoms. The molecule has 1 unspecified atom stereocenters. The Balaban J connectivity index is 1.70. The van der Waals surface area contributed by atoms with Crippen LogP contribution < -0.4 is 16.4 Å². The summed E-state index contributed by atoms with van der Waals surface area (Å²) < 4.78 is 27.3. The molecule has 32 heavy (non-hydrogen) atoms. The maximum Gasteiger partial charge on any atom is 0.243 e. The molecule has 1 aliphatic rings. The molecule has 4 N–H and O–H groups in total. The van der Waals surface area contributed by atoms with E-state index in [-0.39, 0.29) is 24.4 Å². The van der Waals surface area contributed by atoms with Crippen molar-refractivity contribution in [3.05, 3.63) is 59.3 Å². The van der Waals surface area contributed by atoms with Gasteiger partial charge in [0.25, 0.3) is 0 Å². The number of likely N-dealkylation sites (tertiary alicyclic amines) is 1. The molecule has 1 aliphatic heterocycles. The number of nitrogens with one attached hydrogen (secondary N) is 2. The number of hydrogen-bond acceptors (Lipinski definition) is 5. The summed E-state index contributed by atoms with van der Waals surface area (Å²) in [6, 6.07) is 5.05. The van der Waals surface area contributed by atoms with Gasteiger partial charge in [-0.15, -0.1) is 0 Å². The summed E-state index contributed by atoms with van der Waals surface area (Å²) in [4.78, 5) is 31.9. The highest BCUT2D eigenvalue weighted by Gasteiger charge is 2.28. The van der Waals surface area contributed by atoms with Crippen LogP contribution in [-0.4, -0.2) is 46.9 Å². The van der Waals surface area contributed by atoms with Crippen molar-refractivity contribution in [1.29, 1.82) is 0 Å². The van der Waals surface area contributed by atoms with Crippen LogP contribution in [0.25, 0.3) is 0 Å². The van der Waals surface area contributed by atoms with E-state index >= 15 is 0 Å². The fourth-order valence-corrected chi connectivity index (χ4v) is 3.79. The number of halogens is 2. The van der Waals surface area contributed by atoms with Gasteiger partial charge in [0.1, 0.15) is 23.5 Å². The van der Waals surface area contributed by atoms with Crippen molar-refractivity contribution in [3.8, 4) is 0 Å². The number of nitrogen functional groups attached to an aromatic ring is 1. The number of anilines is 1. The number of amides is 2. The molecule has 2 amide bonds. The molecular formula is C23H29F2N5O2. The number of nitrogens with zero attached hydrogens (tertiary/aromatic N) is 2. The molecule has 0 spiro atoms. The molecule has 2 aromatic rings. The Morgan fingerprint density at radius 2 is 1.75 bits per heavy atom. The fraction of sp³-hybridized carbons (Fsp3) is 0.435. The Kier molecular flexibility index (Phi) is 8.10. The minimum atomic E-state index is -0.988. The molecule has 9 heteroatoms. The topological polar surface area (TPSA) is 100 Å². The van der Waals surface area contributed by atoms with E-state index in [1.807, 2.05) is 0 Å². The third kappa shape index (κ3) is 6.71. The summed E-state index contributed by atoms with van der Waals surface area (Å²) in [7, 11) is 0. The second kappa shape index (κ2) is 11.0. The van der Waals surface area contributed by atoms with Gasteiger partial charge in [-0.05, 0) is 62.2 Å². The van der Waals surface area contributed by atoms with Crippen LogP contribution in [0.5, 0.6) is 0 Å². The summed E-state index contributed by atoms with van der Waals surface area (Å²) in [5.74, 6) is -1.85. The van der Waals surface area contributed by atoms with Gasteiger partial charge in [-0.1, -0.05) is 12.5 Å². The van der Waals surface area contributed by atoms with Crippen molar-refractivity contribution >= 4 is 17.6 Å². The van der Waals surface area contributed by atoms with E-state index in [2.05, 4.69) is 20.5 Å². The molecular weight excluding hydrogens is 416 g/mol. The molecule has 2 atom stereocenters. The lowest BCUT2D eigenvalue weighted by atomic mass is 10.0. The third-order valence-corrected chi connectivity index (χ3v) is 5.63. The molecule has 3 rings (SSSR count). The highest BCUT2D eigenvalue weighted by Crippen LogP contribution is 2.14. The second-order valence-corrected chi connectivity index (χ2v) is 8.12. The van der Waals surface area contributed by atoms with Crippen LogP contribution in [0.4, 0.5) is 14.6 Å². The second-order valence-electron chi connectivity index (χ2n) is 8.12. The summed E-state index contributed by atoms with van der Waals surface area (Å²) >= 11 is 0. The number of benzene rings is 1. The number of hydrogen-bond donors (Lipinski definition) is 3. The average molecular weight is 446 g/mol. The lowest BCUT2D eigenvalue weighted by Gasteiger charge is -2.32. The number of pyridine rings is 1. The number of rotatable bonds is 8. The molecule has 172 valence electrons. The SMILES string of the molecule is C[C@@H](C(=O)NC(Cc1cc(F)cc(F)c1)C(=O)NCc1ccc(N)nc1)N1CCCCC1. The number of nitrogens with two attached hydrogens (primary N) is 1. The monoisotopic (exact) mass is 445 g/mol. The first kappa shape index (κ1) is 23.6. The molecule has 1 saturated heterocycles. The van der Waals surface area contributed by atoms with Gasteiger partial charge < -0.3 is 16.4 Å². The van der Waals surface area contributed by atoms with Crippen LogP contribution in [-0.2, 0) is 22.6 Å². The number of piperidine rings is 1. The number of carbonyl (C=O) groups is 2. The fourth-order valence-electron chi connectivity index (χ4n) is 3.79. The van der Waals surface area contributed by atoms with Gasteiger partial charge in [0.2, 0.25) is 11.8 Å². The summed E-state index contributed by atoms with van der Waals surface area (Å²) in [6.45, 7) is 3.63. The van der Waals surface area contributed by atoms with Gasteiger partial charge in [0.15, 0.2) is 0 Å². The van der Waals surface area contributed by atoms with Gasteiger partial charge in [-0.25, -0.2) is 13.8 Å². The maximum absolute atomic E-state index is 13.7. The zero-order chi connectivity index (χ0) is 23.1. The van der Waals surface area contributed by atoms with Crippen molar-refractivity contribution in [2.45, 2.75) is 51.2 Å². The Bertz CT molecular complexity index is 912. The minimum absolute atomic E-state index is 0.0427. The molecule has 7 nitrogen and oxygen atoms in total. The Morgan fingerprint density at radius 3 is 2.38 bits per heavy atom. The van der Waals surface area contributed by atoms with E-state index in [4.69, 9.17) is 5.73 Å². The molecule has 1 aromatic heterocycles. The van der Waals surface area contributed by atoms with Gasteiger partial charge in [0, 0.05) is 25.2 Å². The van der Waals surface area contributed by atoms with Crippen molar-refractivity contribution in [3.63, 3.8) is 0 Å². The van der Waals surface area contributed by atoms with E-state index in [1.165, 1.54) is 0 Å². The van der Waals surface area contributed by atoms with Crippen molar-refractivity contribution in [2.24, 2.45) is 0 Å². The van der Waals surface area contributed by atoms with Crippen LogP contribution in [0.3, 0.4) is 0 Å². The van der Waals surface area contributed by atoms with Crippen molar-refractivity contribution in [1.82, 2.24) is 20.5 Å². The van der Waals surface area contributed by atoms with Crippen molar-refractivity contribution < 1.29 is 18.4 Å². The zero-order valence-corrected chi connectivity index (χ0v) is 18.1. The lowest BCUT2D eigenvalue weighted by Crippen LogP contribution is -2.54. The highest BCUT2D eigenvalue weighted by atomic mass is 19.1. The van der Waals surface area contributed by atoms with Crippen LogP contribution >= 0.6 is 0 Å². The molecule has 2 heterocycles. The average Bonchev–Trinajstić information content (AvgIpc) is 2.77. The largest absolute Gasteiger partial charge is 0.384 e. The Labute approximate surface area is 186 Å². The summed E-state index contributed by atoms with van der Waals surface area (Å²) in [6.07, 6.45) is 4.70. The van der Waals surface area contributed by atoms with Crippen LogP contribution in [0.15, 0.2) is 36.5 Å². The molecule has 1 fully saturated rings. The number of aromatic nitrogens is 1. The minimum Gasteiger partial charge on any atom is -0.384 e. The smallest absolute Gasteiger partial charge is 0.243 e. The first-order chi connectivity index (χ1) is 15.3. The van der Waals surface area contributed by atoms with E-state index in [1.54, 1.807) is 25.3 Å². The van der Waals surface area contributed by atoms with Crippen molar-refractivity contribution in [2.75, 3.05) is 18.8 Å². The maximum atomic E-state index is 13.7. The van der Waals surface area contributed by atoms with Crippen LogP contribution in [0.1, 0.15) is 37.3 Å². The molecule has 0 aliphatic carbocycles. The van der Waals surface area contributed by atoms with E-state index in [0.29, 0.717) is 5.82 Å².